The summed E-state index contributed by atoms with van der Waals surface area (Å²) < 4.78 is 0. The number of nitrogens with one attached hydrogen (secondary N) is 1. The maximum Gasteiger partial charge on any atom is 0.257 e. The van der Waals surface area contributed by atoms with E-state index in [0.29, 0.717) is 11.4 Å². The van der Waals surface area contributed by atoms with E-state index in [0.717, 1.165) is 33.1 Å². The van der Waals surface area contributed by atoms with Gasteiger partial charge in [-0.05, 0) is 42.5 Å². The molecular weight excluding hydrogens is 360 g/mol. The Kier molecular flexibility index (Phi) is 4.18. The molecule has 0 radical (unpaired) electrons. The average molecular weight is 376 g/mol. The molecule has 0 saturated heterocycles. The van der Waals surface area contributed by atoms with Crippen LogP contribution in [-0.2, 0) is 0 Å². The van der Waals surface area contributed by atoms with Crippen LogP contribution >= 0.6 is 0 Å². The normalized spacial score (nSPS) is 10.9. The molecular formula is C24H16N4O. The Labute approximate surface area is 167 Å². The van der Waals surface area contributed by atoms with E-state index < -0.39 is 0 Å². The summed E-state index contributed by atoms with van der Waals surface area (Å²) in [7, 11) is 0. The third-order valence-corrected chi connectivity index (χ3v) is 4.78. The van der Waals surface area contributed by atoms with E-state index in [1.54, 1.807) is 12.4 Å². The highest BCUT2D eigenvalue weighted by Gasteiger charge is 2.15. The molecule has 0 aliphatic rings. The molecule has 0 spiro atoms. The molecule has 1 N–H and O–H groups in total. The van der Waals surface area contributed by atoms with Gasteiger partial charge in [0.25, 0.3) is 5.91 Å². The number of fused-ring (bicyclic) bond motifs is 2. The van der Waals surface area contributed by atoms with Crippen molar-refractivity contribution < 1.29 is 4.79 Å². The molecule has 0 aliphatic heterocycles. The maximum atomic E-state index is 13.2. The van der Waals surface area contributed by atoms with Gasteiger partial charge in [0.15, 0.2) is 0 Å². The number of carbonyl (C=O) groups excluding carboxylic acids is 1. The molecule has 138 valence electrons. The van der Waals surface area contributed by atoms with Crippen LogP contribution in [0.4, 0.5) is 5.82 Å². The van der Waals surface area contributed by atoms with E-state index in [2.05, 4.69) is 15.3 Å². The van der Waals surface area contributed by atoms with E-state index in [4.69, 9.17) is 4.98 Å². The number of carbonyl (C=O) groups is 1. The first-order valence-electron chi connectivity index (χ1n) is 9.25. The fourth-order valence-electron chi connectivity index (χ4n) is 3.35. The van der Waals surface area contributed by atoms with E-state index in [1.165, 1.54) is 0 Å². The zero-order valence-electron chi connectivity index (χ0n) is 15.4. The van der Waals surface area contributed by atoms with Gasteiger partial charge in [-0.25, -0.2) is 9.97 Å². The Morgan fingerprint density at radius 1 is 0.759 bits per heavy atom. The van der Waals surface area contributed by atoms with Gasteiger partial charge >= 0.3 is 0 Å². The number of rotatable bonds is 3. The maximum absolute atomic E-state index is 13.2. The smallest absolute Gasteiger partial charge is 0.257 e. The van der Waals surface area contributed by atoms with Gasteiger partial charge in [0.1, 0.15) is 5.82 Å². The lowest BCUT2D eigenvalue weighted by Crippen LogP contribution is -2.14. The second-order valence-corrected chi connectivity index (χ2v) is 6.65. The molecule has 29 heavy (non-hydrogen) atoms. The van der Waals surface area contributed by atoms with Crippen molar-refractivity contribution in [3.8, 4) is 11.3 Å². The number of pyridine rings is 3. The van der Waals surface area contributed by atoms with Crippen molar-refractivity contribution in [1.82, 2.24) is 15.0 Å². The van der Waals surface area contributed by atoms with Gasteiger partial charge < -0.3 is 5.32 Å². The fraction of sp³-hybridized carbons (Fsp3) is 0. The van der Waals surface area contributed by atoms with Gasteiger partial charge in [0, 0.05) is 28.7 Å². The summed E-state index contributed by atoms with van der Waals surface area (Å²) in [6.45, 7) is 0. The van der Waals surface area contributed by atoms with Crippen molar-refractivity contribution in [2.45, 2.75) is 0 Å². The predicted octanol–water partition coefficient (Wildman–Crippen LogP) is 5.10. The van der Waals surface area contributed by atoms with Gasteiger partial charge in [-0.15, -0.1) is 0 Å². The Balaban J connectivity index is 1.58. The molecule has 0 atom stereocenters. The van der Waals surface area contributed by atoms with Gasteiger partial charge in [0.2, 0.25) is 0 Å². The van der Waals surface area contributed by atoms with Crippen molar-refractivity contribution in [1.29, 1.82) is 0 Å². The molecule has 2 aromatic carbocycles. The van der Waals surface area contributed by atoms with E-state index >= 15 is 0 Å². The second kappa shape index (κ2) is 7.13. The van der Waals surface area contributed by atoms with Gasteiger partial charge in [-0.1, -0.05) is 36.4 Å². The lowest BCUT2D eigenvalue weighted by atomic mass is 10.0. The Morgan fingerprint density at radius 2 is 1.52 bits per heavy atom. The molecule has 0 saturated carbocycles. The minimum atomic E-state index is -0.221. The van der Waals surface area contributed by atoms with Crippen LogP contribution in [0.25, 0.3) is 33.1 Å². The standard InChI is InChI=1S/C24H16N4O/c29-24(28-23-10-9-16-5-1-3-7-20(16)27-23)19-15-22(17-11-13-25-14-12-17)26-21-8-4-2-6-18(19)21/h1-15H,(H,27,28,29). The van der Waals surface area contributed by atoms with Crippen LogP contribution in [0.15, 0.2) is 91.3 Å². The van der Waals surface area contributed by atoms with Crippen molar-refractivity contribution >= 4 is 33.5 Å². The Hall–Kier alpha value is -4.12. The first kappa shape index (κ1) is 17.0. The number of nitrogens with zero attached hydrogens (tertiary/aromatic N) is 3. The van der Waals surface area contributed by atoms with Crippen molar-refractivity contribution in [3.63, 3.8) is 0 Å². The molecule has 1 amide bonds. The molecule has 5 nitrogen and oxygen atoms in total. The highest BCUT2D eigenvalue weighted by atomic mass is 16.1. The summed E-state index contributed by atoms with van der Waals surface area (Å²) in [6.07, 6.45) is 3.43. The monoisotopic (exact) mass is 376 g/mol. The number of anilines is 1. The van der Waals surface area contributed by atoms with Crippen LogP contribution in [0.3, 0.4) is 0 Å². The zero-order chi connectivity index (χ0) is 19.6. The van der Waals surface area contributed by atoms with E-state index in [1.807, 2.05) is 78.9 Å². The SMILES string of the molecule is O=C(Nc1ccc2ccccc2n1)c1cc(-c2ccncc2)nc2ccccc12. The van der Waals surface area contributed by atoms with Crippen LogP contribution in [0.5, 0.6) is 0 Å². The van der Waals surface area contributed by atoms with Gasteiger partial charge in [-0.3, -0.25) is 9.78 Å². The topological polar surface area (TPSA) is 67.8 Å². The molecule has 0 unspecified atom stereocenters. The predicted molar refractivity (Wildman–Crippen MR) is 115 cm³/mol. The second-order valence-electron chi connectivity index (χ2n) is 6.65. The van der Waals surface area contributed by atoms with Gasteiger partial charge in [-0.2, -0.15) is 0 Å². The zero-order valence-corrected chi connectivity index (χ0v) is 15.4. The minimum absolute atomic E-state index is 0.221. The number of hydrogen-bond donors (Lipinski definition) is 1. The summed E-state index contributed by atoms with van der Waals surface area (Å²) in [6, 6.07) is 24.8. The molecule has 5 rings (SSSR count). The average Bonchev–Trinajstić information content (AvgIpc) is 2.79. The molecule has 0 aliphatic carbocycles. The quantitative estimate of drug-likeness (QED) is 0.476. The van der Waals surface area contributed by atoms with Crippen LogP contribution in [0, 0.1) is 0 Å². The van der Waals surface area contributed by atoms with Crippen LogP contribution in [0.2, 0.25) is 0 Å². The summed E-state index contributed by atoms with van der Waals surface area (Å²) in [5.74, 6) is 0.293. The summed E-state index contributed by atoms with van der Waals surface area (Å²) in [5.41, 5.74) is 3.78. The molecule has 3 heterocycles. The van der Waals surface area contributed by atoms with Crippen LogP contribution in [-0.4, -0.2) is 20.9 Å². The van der Waals surface area contributed by atoms with E-state index in [-0.39, 0.29) is 5.91 Å². The number of para-hydroxylation sites is 2. The third-order valence-electron chi connectivity index (χ3n) is 4.78. The first-order valence-corrected chi connectivity index (χ1v) is 9.25. The Morgan fingerprint density at radius 3 is 2.38 bits per heavy atom. The Bertz CT molecular complexity index is 1350. The van der Waals surface area contributed by atoms with E-state index in [9.17, 15) is 4.79 Å². The number of aromatic nitrogens is 3. The number of hydrogen-bond acceptors (Lipinski definition) is 4. The van der Waals surface area contributed by atoms with Crippen molar-refractivity contribution in [3.05, 3.63) is 96.8 Å². The summed E-state index contributed by atoms with van der Waals surface area (Å²) in [4.78, 5) is 26.5. The largest absolute Gasteiger partial charge is 0.307 e. The fourth-order valence-corrected chi connectivity index (χ4v) is 3.35. The number of benzene rings is 2. The third kappa shape index (κ3) is 3.30. The lowest BCUT2D eigenvalue weighted by molar-refractivity contribution is 0.102. The molecule has 0 fully saturated rings. The van der Waals surface area contributed by atoms with Crippen molar-refractivity contribution in [2.75, 3.05) is 5.32 Å². The van der Waals surface area contributed by atoms with Crippen LogP contribution in [0.1, 0.15) is 10.4 Å². The minimum Gasteiger partial charge on any atom is -0.307 e. The molecule has 0 bridgehead atoms. The van der Waals surface area contributed by atoms with Crippen LogP contribution < -0.4 is 5.32 Å². The lowest BCUT2D eigenvalue weighted by Gasteiger charge is -2.11. The molecule has 5 aromatic rings. The summed E-state index contributed by atoms with van der Waals surface area (Å²) in [5, 5.41) is 4.75. The molecule has 5 heteroatoms. The number of amides is 1. The molecule has 3 aromatic heterocycles. The van der Waals surface area contributed by atoms with Gasteiger partial charge in [0.05, 0.1) is 22.3 Å². The van der Waals surface area contributed by atoms with Crippen molar-refractivity contribution in [2.24, 2.45) is 0 Å². The summed E-state index contributed by atoms with van der Waals surface area (Å²) >= 11 is 0. The highest BCUT2D eigenvalue weighted by molar-refractivity contribution is 6.13. The first-order chi connectivity index (χ1) is 14.3. The highest BCUT2D eigenvalue weighted by Crippen LogP contribution is 2.25.